The Balaban J connectivity index is 1.26. The Morgan fingerprint density at radius 3 is 2.19 bits per heavy atom. The second kappa shape index (κ2) is 9.54. The van der Waals surface area contributed by atoms with Gasteiger partial charge in [0.1, 0.15) is 5.69 Å². The molecule has 0 radical (unpaired) electrons. The second-order valence-electron chi connectivity index (χ2n) is 12.2. The summed E-state index contributed by atoms with van der Waals surface area (Å²) >= 11 is 0. The smallest absolute Gasteiger partial charge is 0.278 e. The van der Waals surface area contributed by atoms with Gasteiger partial charge in [-0.15, -0.1) is 0 Å². The van der Waals surface area contributed by atoms with E-state index >= 15 is 0 Å². The van der Waals surface area contributed by atoms with E-state index in [1.54, 1.807) is 18.3 Å². The molecule has 1 N–H and O–H groups in total. The van der Waals surface area contributed by atoms with Crippen molar-refractivity contribution in [2.75, 3.05) is 0 Å². The number of hydrogen-bond donors (Lipinski definition) is 1. The maximum atomic E-state index is 14.0. The number of rotatable bonds is 3. The van der Waals surface area contributed by atoms with E-state index in [4.69, 9.17) is 4.98 Å². The minimum Gasteiger partial charge on any atom is -0.329 e. The summed E-state index contributed by atoms with van der Waals surface area (Å²) in [5.74, 6) is 1.84. The van der Waals surface area contributed by atoms with Crippen molar-refractivity contribution >= 4 is 11.0 Å². The largest absolute Gasteiger partial charge is 0.329 e. The van der Waals surface area contributed by atoms with Crippen LogP contribution in [0.1, 0.15) is 83.1 Å². The second-order valence-corrected chi connectivity index (χ2v) is 12.2. The van der Waals surface area contributed by atoms with E-state index in [0.717, 1.165) is 41.8 Å². The Morgan fingerprint density at radius 1 is 0.730 bits per heavy atom. The molecule has 2 unspecified atom stereocenters. The van der Waals surface area contributed by atoms with Crippen molar-refractivity contribution in [3.63, 3.8) is 0 Å². The fourth-order valence-corrected chi connectivity index (χ4v) is 8.61. The highest BCUT2D eigenvalue weighted by molar-refractivity contribution is 5.77. The molecule has 4 fully saturated rings. The third-order valence-electron chi connectivity index (χ3n) is 10.0. The predicted molar refractivity (Wildman–Crippen MR) is 147 cm³/mol. The van der Waals surface area contributed by atoms with Gasteiger partial charge in [0.2, 0.25) is 0 Å². The molecule has 0 spiro atoms. The first-order chi connectivity index (χ1) is 18.2. The van der Waals surface area contributed by atoms with Gasteiger partial charge in [-0.25, -0.2) is 4.98 Å². The molecule has 7 rings (SSSR count). The molecule has 1 aromatic carbocycles. The Hall–Kier alpha value is -2.73. The maximum absolute atomic E-state index is 14.0. The van der Waals surface area contributed by atoms with Gasteiger partial charge in [0.15, 0.2) is 0 Å². The molecule has 4 aliphatic rings. The number of nitrogens with one attached hydrogen (secondary N) is 1. The van der Waals surface area contributed by atoms with Gasteiger partial charge in [-0.3, -0.25) is 14.5 Å². The summed E-state index contributed by atoms with van der Waals surface area (Å²) in [6.07, 6.45) is 17.3. The summed E-state index contributed by atoms with van der Waals surface area (Å²) in [7, 11) is 0. The van der Waals surface area contributed by atoms with Crippen LogP contribution in [0.5, 0.6) is 0 Å². The van der Waals surface area contributed by atoms with E-state index < -0.39 is 0 Å². The van der Waals surface area contributed by atoms with E-state index in [0.29, 0.717) is 17.6 Å². The third-order valence-corrected chi connectivity index (χ3v) is 10.0. The van der Waals surface area contributed by atoms with Gasteiger partial charge in [0.05, 0.1) is 16.6 Å². The molecule has 2 aliphatic heterocycles. The number of H-pyrrole nitrogens is 1. The lowest BCUT2D eigenvalue weighted by molar-refractivity contribution is -0.0420. The topological polar surface area (TPSA) is 71.0 Å². The van der Waals surface area contributed by atoms with Gasteiger partial charge in [0, 0.05) is 30.4 Å². The average molecular weight is 499 g/mol. The minimum absolute atomic E-state index is 0.129. The zero-order valence-electron chi connectivity index (χ0n) is 21.6. The molecule has 3 aromatic rings. The number of pyridine rings is 1. The van der Waals surface area contributed by atoms with E-state index in [1.165, 1.54) is 64.2 Å². The summed E-state index contributed by atoms with van der Waals surface area (Å²) in [5, 5.41) is 0. The molecule has 4 bridgehead atoms. The Bertz CT molecular complexity index is 1380. The van der Waals surface area contributed by atoms with E-state index in [2.05, 4.69) is 9.88 Å². The fraction of sp³-hybridized carbons (Fsp3) is 0.581. The highest BCUT2D eigenvalue weighted by Gasteiger charge is 2.45. The zero-order valence-corrected chi connectivity index (χ0v) is 21.6. The van der Waals surface area contributed by atoms with Crippen LogP contribution < -0.4 is 11.1 Å². The summed E-state index contributed by atoms with van der Waals surface area (Å²) in [6.45, 7) is 0. The summed E-state index contributed by atoms with van der Waals surface area (Å²) in [4.78, 5) is 37.0. The number of piperidine rings is 2. The quantitative estimate of drug-likeness (QED) is 0.505. The molecule has 2 aromatic heterocycles. The molecule has 6 heteroatoms. The van der Waals surface area contributed by atoms with Crippen molar-refractivity contribution in [2.45, 2.75) is 101 Å². The SMILES string of the molecule is O=c1[nH]cccc1-c1nc2ccccc2n(C2C[C@H]3CCC[C@@H](C2)N3C2C[C@H]3CCCC[C@@H](C2)C3)c1=O. The fourth-order valence-electron chi connectivity index (χ4n) is 8.61. The van der Waals surface area contributed by atoms with Crippen molar-refractivity contribution in [1.82, 2.24) is 19.4 Å². The van der Waals surface area contributed by atoms with Crippen LogP contribution in [0.15, 0.2) is 52.2 Å². The average Bonchev–Trinajstić information content (AvgIpc) is 3.07. The van der Waals surface area contributed by atoms with Crippen LogP contribution in [0.25, 0.3) is 22.3 Å². The van der Waals surface area contributed by atoms with Crippen LogP contribution in [0.4, 0.5) is 0 Å². The summed E-state index contributed by atoms with van der Waals surface area (Å²) < 4.78 is 2.01. The first-order valence-corrected chi connectivity index (χ1v) is 14.6. The Labute approximate surface area is 218 Å². The van der Waals surface area contributed by atoms with E-state index in [9.17, 15) is 9.59 Å². The monoisotopic (exact) mass is 498 g/mol. The molecular formula is C31H38N4O2. The maximum Gasteiger partial charge on any atom is 0.278 e. The van der Waals surface area contributed by atoms with Crippen LogP contribution in [0.2, 0.25) is 0 Å². The number of hydrogen-bond acceptors (Lipinski definition) is 4. The number of nitrogens with zero attached hydrogens (tertiary/aromatic N) is 3. The van der Waals surface area contributed by atoms with Gasteiger partial charge in [0.25, 0.3) is 11.1 Å². The minimum atomic E-state index is -0.264. The number of aromatic nitrogens is 3. The normalized spacial score (nSPS) is 32.2. The summed E-state index contributed by atoms with van der Waals surface area (Å²) in [6, 6.07) is 13.4. The molecule has 6 atom stereocenters. The molecule has 37 heavy (non-hydrogen) atoms. The number of benzene rings is 1. The Kier molecular flexibility index (Phi) is 6.03. The van der Waals surface area contributed by atoms with Crippen molar-refractivity contribution in [1.29, 1.82) is 0 Å². The summed E-state index contributed by atoms with van der Waals surface area (Å²) in [5.41, 5.74) is 1.90. The van der Waals surface area contributed by atoms with Crippen LogP contribution in [0, 0.1) is 11.8 Å². The highest BCUT2D eigenvalue weighted by atomic mass is 16.1. The van der Waals surface area contributed by atoms with Gasteiger partial charge < -0.3 is 9.55 Å². The third kappa shape index (κ3) is 4.18. The molecule has 2 saturated heterocycles. The van der Waals surface area contributed by atoms with Crippen LogP contribution in [0.3, 0.4) is 0 Å². The highest BCUT2D eigenvalue weighted by Crippen LogP contribution is 2.47. The van der Waals surface area contributed by atoms with Crippen LogP contribution >= 0.6 is 0 Å². The number of fused-ring (bicyclic) bond motifs is 5. The predicted octanol–water partition coefficient (Wildman–Crippen LogP) is 5.67. The first-order valence-electron chi connectivity index (χ1n) is 14.6. The standard InChI is InChI=1S/C31H38N4O2/c36-30-26(11-6-14-32-30)29-31(37)35(28-13-4-3-12-27(28)33-29)25-18-22-9-5-10-23(19-25)34(22)24-16-20-7-1-2-8-21(15-20)17-24/h3-4,6,11-14,20-25H,1-2,5,7-10,15-19H2,(H,32,36)/t20-,21+,22-,23+,24?,25?. The zero-order chi connectivity index (χ0) is 24.9. The molecule has 194 valence electrons. The van der Waals surface area contributed by atoms with Crippen molar-refractivity contribution < 1.29 is 0 Å². The van der Waals surface area contributed by atoms with Gasteiger partial charge in [-0.1, -0.05) is 44.2 Å². The molecule has 2 saturated carbocycles. The van der Waals surface area contributed by atoms with Gasteiger partial charge >= 0.3 is 0 Å². The van der Waals surface area contributed by atoms with Crippen molar-refractivity contribution in [3.8, 4) is 11.3 Å². The number of para-hydroxylation sites is 2. The van der Waals surface area contributed by atoms with Crippen molar-refractivity contribution in [3.05, 3.63) is 63.3 Å². The molecule has 4 heterocycles. The lowest BCUT2D eigenvalue weighted by Crippen LogP contribution is -2.58. The molecular weight excluding hydrogens is 460 g/mol. The van der Waals surface area contributed by atoms with E-state index in [1.807, 2.05) is 28.8 Å². The van der Waals surface area contributed by atoms with Crippen molar-refractivity contribution in [2.24, 2.45) is 11.8 Å². The number of aromatic amines is 1. The molecule has 0 amide bonds. The van der Waals surface area contributed by atoms with Gasteiger partial charge in [-0.2, -0.15) is 0 Å². The molecule has 6 nitrogen and oxygen atoms in total. The lowest BCUT2D eigenvalue weighted by atomic mass is 9.73. The first kappa shape index (κ1) is 23.4. The Morgan fingerprint density at radius 2 is 1.46 bits per heavy atom. The lowest BCUT2D eigenvalue weighted by Gasteiger charge is -2.54. The van der Waals surface area contributed by atoms with Crippen LogP contribution in [-0.4, -0.2) is 37.6 Å². The molecule has 2 aliphatic carbocycles. The van der Waals surface area contributed by atoms with Gasteiger partial charge in [-0.05, 0) is 81.0 Å². The van der Waals surface area contributed by atoms with E-state index in [-0.39, 0.29) is 22.9 Å². The van der Waals surface area contributed by atoms with Crippen LogP contribution in [-0.2, 0) is 0 Å².